The zero-order chi connectivity index (χ0) is 26.4. The quantitative estimate of drug-likeness (QED) is 0.214. The molecule has 1 heteroatoms. The lowest BCUT2D eigenvalue weighted by atomic mass is 9.77. The highest BCUT2D eigenvalue weighted by Crippen LogP contribution is 2.39. The Morgan fingerprint density at radius 1 is 0.526 bits per heavy atom. The molecule has 1 saturated carbocycles. The molecule has 0 N–H and O–H groups in total. The maximum Gasteiger partial charge on any atom is 0.0825 e. The summed E-state index contributed by atoms with van der Waals surface area (Å²) in [6, 6.07) is 18.7. The molecule has 4 rings (SSSR count). The summed E-state index contributed by atoms with van der Waals surface area (Å²) in [5.74, 6) is 2.53. The van der Waals surface area contributed by atoms with Crippen molar-refractivity contribution < 1.29 is 4.74 Å². The van der Waals surface area contributed by atoms with Crippen LogP contribution in [0.5, 0.6) is 0 Å². The monoisotopic (exact) mass is 516 g/mol. The summed E-state index contributed by atoms with van der Waals surface area (Å²) >= 11 is 0. The van der Waals surface area contributed by atoms with Crippen LogP contribution >= 0.6 is 0 Å². The molecule has 1 nitrogen and oxygen atoms in total. The first-order valence-corrected chi connectivity index (χ1v) is 16.6. The van der Waals surface area contributed by atoms with Gasteiger partial charge >= 0.3 is 0 Å². The average Bonchev–Trinajstić information content (AvgIpc) is 2.98. The van der Waals surface area contributed by atoms with Gasteiger partial charge in [0.2, 0.25) is 0 Å². The van der Waals surface area contributed by atoms with Crippen molar-refractivity contribution in [3.8, 4) is 11.1 Å². The summed E-state index contributed by atoms with van der Waals surface area (Å²) < 4.78 is 6.34. The van der Waals surface area contributed by atoms with E-state index >= 15 is 0 Å². The largest absolute Gasteiger partial charge is 0.373 e. The van der Waals surface area contributed by atoms with Gasteiger partial charge in [-0.15, -0.1) is 0 Å². The van der Waals surface area contributed by atoms with Crippen LogP contribution in [0, 0.1) is 11.8 Å². The lowest BCUT2D eigenvalue weighted by Gasteiger charge is -2.29. The number of hydrogen-bond donors (Lipinski definition) is 0. The molecule has 1 heterocycles. The van der Waals surface area contributed by atoms with Gasteiger partial charge in [0.15, 0.2) is 0 Å². The Hall–Kier alpha value is -1.60. The van der Waals surface area contributed by atoms with Gasteiger partial charge in [0.05, 0.1) is 12.7 Å². The van der Waals surface area contributed by atoms with Gasteiger partial charge in [-0.1, -0.05) is 133 Å². The summed E-state index contributed by atoms with van der Waals surface area (Å²) in [6.07, 6.45) is 25.3. The lowest BCUT2D eigenvalue weighted by molar-refractivity contribution is -0.0199. The molecule has 2 fully saturated rings. The molecule has 0 spiro atoms. The third-order valence-corrected chi connectivity index (χ3v) is 9.65. The fourth-order valence-electron chi connectivity index (χ4n) is 6.99. The summed E-state index contributed by atoms with van der Waals surface area (Å²) in [4.78, 5) is 0. The molecular formula is C37H56O. The predicted molar refractivity (Wildman–Crippen MR) is 165 cm³/mol. The van der Waals surface area contributed by atoms with Crippen molar-refractivity contribution in [1.29, 1.82) is 0 Å². The Bertz CT molecular complexity index is 866. The maximum absolute atomic E-state index is 6.34. The normalized spacial score (nSPS) is 23.9. The van der Waals surface area contributed by atoms with E-state index in [0.29, 0.717) is 0 Å². The third kappa shape index (κ3) is 9.25. The van der Waals surface area contributed by atoms with E-state index in [4.69, 9.17) is 4.74 Å². The van der Waals surface area contributed by atoms with Gasteiger partial charge in [-0.3, -0.25) is 0 Å². The van der Waals surface area contributed by atoms with E-state index in [1.54, 1.807) is 5.56 Å². The van der Waals surface area contributed by atoms with Gasteiger partial charge in [0, 0.05) is 0 Å². The molecule has 1 aliphatic heterocycles. The topological polar surface area (TPSA) is 9.23 Å². The first-order chi connectivity index (χ1) is 18.8. The van der Waals surface area contributed by atoms with Gasteiger partial charge in [0.1, 0.15) is 0 Å². The molecule has 2 atom stereocenters. The van der Waals surface area contributed by atoms with Crippen LogP contribution < -0.4 is 0 Å². The van der Waals surface area contributed by atoms with Crippen LogP contribution in [0.2, 0.25) is 0 Å². The van der Waals surface area contributed by atoms with E-state index < -0.39 is 0 Å². The Kier molecular flexibility index (Phi) is 12.8. The fraction of sp³-hybridized carbons (Fsp3) is 0.676. The molecular weight excluding hydrogens is 460 g/mol. The van der Waals surface area contributed by atoms with Crippen LogP contribution in [0.25, 0.3) is 11.1 Å². The van der Waals surface area contributed by atoms with E-state index in [1.807, 2.05) is 0 Å². The second-order valence-corrected chi connectivity index (χ2v) is 12.6. The van der Waals surface area contributed by atoms with Crippen LogP contribution in [-0.4, -0.2) is 6.61 Å². The van der Waals surface area contributed by atoms with Gasteiger partial charge in [-0.2, -0.15) is 0 Å². The van der Waals surface area contributed by atoms with Crippen molar-refractivity contribution >= 4 is 0 Å². The number of hydrogen-bond acceptors (Lipinski definition) is 1. The number of unbranched alkanes of at least 4 members (excludes halogenated alkanes) is 8. The molecule has 2 aromatic rings. The van der Waals surface area contributed by atoms with Crippen molar-refractivity contribution in [2.45, 2.75) is 141 Å². The molecule has 38 heavy (non-hydrogen) atoms. The van der Waals surface area contributed by atoms with E-state index in [9.17, 15) is 0 Å². The van der Waals surface area contributed by atoms with E-state index in [2.05, 4.69) is 62.4 Å². The second kappa shape index (κ2) is 16.5. The van der Waals surface area contributed by atoms with E-state index in [0.717, 1.165) is 24.4 Å². The lowest BCUT2D eigenvalue weighted by Crippen LogP contribution is -2.20. The minimum Gasteiger partial charge on any atom is -0.373 e. The van der Waals surface area contributed by atoms with Crippen molar-refractivity contribution in [3.63, 3.8) is 0 Å². The zero-order valence-corrected chi connectivity index (χ0v) is 24.8. The summed E-state index contributed by atoms with van der Waals surface area (Å²) in [6.45, 7) is 5.55. The maximum atomic E-state index is 6.34. The standard InChI is InChI=1S/C37H56O/c1-3-5-7-9-10-12-14-31-17-28-37(38-29-31)36-26-24-35(25-27-36)34-22-20-33(21-23-34)32-18-15-30(16-19-32)13-11-8-6-4-2/h20-27,30-32,37H,3-19,28-29H2,1-2H3. The van der Waals surface area contributed by atoms with Crippen molar-refractivity contribution in [1.82, 2.24) is 0 Å². The molecule has 2 unspecified atom stereocenters. The van der Waals surface area contributed by atoms with Crippen LogP contribution in [0.3, 0.4) is 0 Å². The van der Waals surface area contributed by atoms with Crippen LogP contribution in [0.15, 0.2) is 48.5 Å². The fourth-order valence-corrected chi connectivity index (χ4v) is 6.99. The summed E-state index contributed by atoms with van der Waals surface area (Å²) in [5.41, 5.74) is 5.58. The average molecular weight is 517 g/mol. The highest BCUT2D eigenvalue weighted by molar-refractivity contribution is 5.64. The van der Waals surface area contributed by atoms with Gasteiger partial charge in [-0.25, -0.2) is 0 Å². The predicted octanol–water partition coefficient (Wildman–Crippen LogP) is 11.8. The third-order valence-electron chi connectivity index (χ3n) is 9.65. The smallest absolute Gasteiger partial charge is 0.0825 e. The number of rotatable bonds is 15. The molecule has 0 aromatic heterocycles. The van der Waals surface area contributed by atoms with Crippen molar-refractivity contribution in [3.05, 3.63) is 59.7 Å². The SMILES string of the molecule is CCCCCCCCC1CCC(c2ccc(-c3ccc(C4CCC(CCCCCC)CC4)cc3)cc2)OC1. The van der Waals surface area contributed by atoms with Gasteiger partial charge < -0.3 is 4.74 Å². The second-order valence-electron chi connectivity index (χ2n) is 12.6. The zero-order valence-electron chi connectivity index (χ0n) is 24.8. The van der Waals surface area contributed by atoms with Crippen LogP contribution in [0.4, 0.5) is 0 Å². The minimum atomic E-state index is 0.286. The van der Waals surface area contributed by atoms with Crippen molar-refractivity contribution in [2.75, 3.05) is 6.61 Å². The molecule has 0 bridgehead atoms. The number of ether oxygens (including phenoxy) is 1. The minimum absolute atomic E-state index is 0.286. The van der Waals surface area contributed by atoms with Gasteiger partial charge in [-0.05, 0) is 85.0 Å². The Labute approximate surface area is 235 Å². The first-order valence-electron chi connectivity index (χ1n) is 16.6. The number of benzene rings is 2. The Morgan fingerprint density at radius 3 is 1.61 bits per heavy atom. The molecule has 0 amide bonds. The molecule has 2 aliphatic rings. The molecule has 2 aromatic carbocycles. The summed E-state index contributed by atoms with van der Waals surface area (Å²) in [5, 5.41) is 0. The Morgan fingerprint density at radius 2 is 1.03 bits per heavy atom. The first kappa shape index (κ1) is 29.4. The van der Waals surface area contributed by atoms with Crippen molar-refractivity contribution in [2.24, 2.45) is 11.8 Å². The van der Waals surface area contributed by atoms with Gasteiger partial charge in [0.25, 0.3) is 0 Å². The summed E-state index contributed by atoms with van der Waals surface area (Å²) in [7, 11) is 0. The highest BCUT2D eigenvalue weighted by atomic mass is 16.5. The highest BCUT2D eigenvalue weighted by Gasteiger charge is 2.23. The van der Waals surface area contributed by atoms with Crippen LogP contribution in [0.1, 0.15) is 153 Å². The molecule has 1 saturated heterocycles. The Balaban J connectivity index is 1.18. The molecule has 210 valence electrons. The van der Waals surface area contributed by atoms with Crippen LogP contribution in [-0.2, 0) is 4.74 Å². The molecule has 0 radical (unpaired) electrons. The van der Waals surface area contributed by atoms with E-state index in [-0.39, 0.29) is 6.10 Å². The molecule has 1 aliphatic carbocycles. The van der Waals surface area contributed by atoms with E-state index in [1.165, 1.54) is 132 Å².